The summed E-state index contributed by atoms with van der Waals surface area (Å²) in [6.45, 7) is 7.96. The molecule has 1 fully saturated rings. The average Bonchev–Trinajstić information content (AvgIpc) is 3.21. The van der Waals surface area contributed by atoms with Crippen molar-refractivity contribution in [3.63, 3.8) is 0 Å². The molecular weight excluding hydrogens is 430 g/mol. The lowest BCUT2D eigenvalue weighted by atomic mass is 10.0. The Morgan fingerprint density at radius 1 is 1.23 bits per heavy atom. The van der Waals surface area contributed by atoms with Crippen LogP contribution in [0.3, 0.4) is 0 Å². The smallest absolute Gasteiger partial charge is 0.264 e. The lowest BCUT2D eigenvalue weighted by Crippen LogP contribution is -2.48. The van der Waals surface area contributed by atoms with E-state index in [2.05, 4.69) is 24.9 Å². The molecule has 0 N–H and O–H groups in total. The van der Waals surface area contributed by atoms with Crippen LogP contribution in [0.15, 0.2) is 24.3 Å². The van der Waals surface area contributed by atoms with E-state index in [1.165, 1.54) is 11.3 Å². The molecule has 164 valence electrons. The third kappa shape index (κ3) is 4.41. The maximum atomic E-state index is 13.6. The van der Waals surface area contributed by atoms with Gasteiger partial charge < -0.3 is 9.80 Å². The number of pyridine rings is 1. The molecule has 0 spiro atoms. The average molecular weight is 458 g/mol. The summed E-state index contributed by atoms with van der Waals surface area (Å²) in [6.07, 6.45) is 3.64. The van der Waals surface area contributed by atoms with Gasteiger partial charge in [0.25, 0.3) is 5.91 Å². The summed E-state index contributed by atoms with van der Waals surface area (Å²) in [4.78, 5) is 34.5. The predicted molar refractivity (Wildman–Crippen MR) is 128 cm³/mol. The molecule has 31 heavy (non-hydrogen) atoms. The van der Waals surface area contributed by atoms with Crippen LogP contribution in [0, 0.1) is 6.92 Å². The lowest BCUT2D eigenvalue weighted by Gasteiger charge is -2.38. The topological polar surface area (TPSA) is 53.5 Å². The number of halogens is 1. The SMILES string of the molecule is CCCCN(C(=O)c1cc2c(Cl)nc3ccc(C)cc3c2s1)C1CCN(C(C)=O)CC1. The van der Waals surface area contributed by atoms with Gasteiger partial charge in [-0.2, -0.15) is 0 Å². The summed E-state index contributed by atoms with van der Waals surface area (Å²) in [5, 5.41) is 2.32. The van der Waals surface area contributed by atoms with Gasteiger partial charge in [-0.25, -0.2) is 4.98 Å². The monoisotopic (exact) mass is 457 g/mol. The molecular formula is C24H28ClN3O2S. The Kier molecular flexibility index (Phi) is 6.49. The number of fused-ring (bicyclic) bond motifs is 3. The fourth-order valence-electron chi connectivity index (χ4n) is 4.36. The highest BCUT2D eigenvalue weighted by Crippen LogP contribution is 2.37. The van der Waals surface area contributed by atoms with Crippen LogP contribution >= 0.6 is 22.9 Å². The molecule has 3 heterocycles. The van der Waals surface area contributed by atoms with E-state index in [-0.39, 0.29) is 17.9 Å². The first kappa shape index (κ1) is 22.0. The zero-order chi connectivity index (χ0) is 22.1. The molecule has 1 aliphatic heterocycles. The van der Waals surface area contributed by atoms with E-state index in [4.69, 9.17) is 11.6 Å². The minimum Gasteiger partial charge on any atom is -0.343 e. The second-order valence-electron chi connectivity index (χ2n) is 8.37. The minimum absolute atomic E-state index is 0.0628. The highest BCUT2D eigenvalue weighted by atomic mass is 35.5. The molecule has 1 saturated heterocycles. The lowest BCUT2D eigenvalue weighted by molar-refractivity contribution is -0.130. The van der Waals surface area contributed by atoms with Crippen molar-refractivity contribution in [1.82, 2.24) is 14.8 Å². The van der Waals surface area contributed by atoms with Crippen LogP contribution in [-0.2, 0) is 4.79 Å². The number of benzene rings is 1. The van der Waals surface area contributed by atoms with Crippen molar-refractivity contribution in [2.75, 3.05) is 19.6 Å². The van der Waals surface area contributed by atoms with Crippen molar-refractivity contribution < 1.29 is 9.59 Å². The molecule has 0 aliphatic carbocycles. The molecule has 1 aromatic carbocycles. The summed E-state index contributed by atoms with van der Waals surface area (Å²) in [5.74, 6) is 0.173. The molecule has 2 amide bonds. The van der Waals surface area contributed by atoms with Gasteiger partial charge in [0.2, 0.25) is 5.91 Å². The Morgan fingerprint density at radius 3 is 2.65 bits per heavy atom. The number of nitrogens with zero attached hydrogens (tertiary/aromatic N) is 3. The van der Waals surface area contributed by atoms with Crippen molar-refractivity contribution in [3.05, 3.63) is 39.9 Å². The molecule has 1 aliphatic rings. The normalized spacial score (nSPS) is 15.0. The number of unbranched alkanes of at least 4 members (excludes halogenated alkanes) is 1. The van der Waals surface area contributed by atoms with Gasteiger partial charge in [-0.1, -0.05) is 36.6 Å². The number of aromatic nitrogens is 1. The summed E-state index contributed by atoms with van der Waals surface area (Å²) < 4.78 is 1.02. The van der Waals surface area contributed by atoms with Gasteiger partial charge in [0, 0.05) is 48.1 Å². The number of hydrogen-bond donors (Lipinski definition) is 0. The van der Waals surface area contributed by atoms with E-state index in [0.717, 1.165) is 58.8 Å². The zero-order valence-electron chi connectivity index (χ0n) is 18.3. The van der Waals surface area contributed by atoms with Crippen molar-refractivity contribution in [2.45, 2.75) is 52.5 Å². The number of carbonyl (C=O) groups excluding carboxylic acids is 2. The van der Waals surface area contributed by atoms with Crippen LogP contribution in [0.5, 0.6) is 0 Å². The number of piperidine rings is 1. The predicted octanol–water partition coefficient (Wildman–Crippen LogP) is 5.66. The molecule has 0 unspecified atom stereocenters. The second-order valence-corrected chi connectivity index (χ2v) is 9.78. The Bertz CT molecular complexity index is 1130. The van der Waals surface area contributed by atoms with Crippen molar-refractivity contribution >= 4 is 55.7 Å². The van der Waals surface area contributed by atoms with E-state index in [1.807, 2.05) is 28.0 Å². The molecule has 3 aromatic rings. The third-order valence-electron chi connectivity index (χ3n) is 6.14. The fraction of sp³-hybridized carbons (Fsp3) is 0.458. The van der Waals surface area contributed by atoms with E-state index in [0.29, 0.717) is 23.1 Å². The Hall–Kier alpha value is -2.18. The van der Waals surface area contributed by atoms with Crippen LogP contribution in [0.1, 0.15) is 54.8 Å². The first-order valence-electron chi connectivity index (χ1n) is 10.9. The molecule has 4 rings (SSSR count). The van der Waals surface area contributed by atoms with Crippen LogP contribution in [-0.4, -0.2) is 52.3 Å². The summed E-state index contributed by atoms with van der Waals surface area (Å²) in [7, 11) is 0. The van der Waals surface area contributed by atoms with Crippen molar-refractivity contribution in [2.24, 2.45) is 0 Å². The molecule has 0 atom stereocenters. The Morgan fingerprint density at radius 2 is 1.97 bits per heavy atom. The van der Waals surface area contributed by atoms with Gasteiger partial charge in [-0.3, -0.25) is 9.59 Å². The number of likely N-dealkylation sites (tertiary alicyclic amines) is 1. The van der Waals surface area contributed by atoms with Crippen LogP contribution in [0.25, 0.3) is 21.0 Å². The van der Waals surface area contributed by atoms with E-state index < -0.39 is 0 Å². The maximum Gasteiger partial charge on any atom is 0.264 e. The Balaban J connectivity index is 1.68. The van der Waals surface area contributed by atoms with E-state index >= 15 is 0 Å². The zero-order valence-corrected chi connectivity index (χ0v) is 19.9. The van der Waals surface area contributed by atoms with Gasteiger partial charge in [0.15, 0.2) is 0 Å². The molecule has 0 saturated carbocycles. The number of aryl methyl sites for hydroxylation is 1. The largest absolute Gasteiger partial charge is 0.343 e. The fourth-order valence-corrected chi connectivity index (χ4v) is 5.79. The summed E-state index contributed by atoms with van der Waals surface area (Å²) in [6, 6.07) is 8.18. The number of carbonyl (C=O) groups is 2. The maximum absolute atomic E-state index is 13.6. The van der Waals surface area contributed by atoms with Gasteiger partial charge >= 0.3 is 0 Å². The highest BCUT2D eigenvalue weighted by molar-refractivity contribution is 7.21. The first-order valence-corrected chi connectivity index (χ1v) is 12.1. The summed E-state index contributed by atoms with van der Waals surface area (Å²) in [5.41, 5.74) is 2.00. The molecule has 0 radical (unpaired) electrons. The van der Waals surface area contributed by atoms with Gasteiger partial charge in [-0.15, -0.1) is 11.3 Å². The minimum atomic E-state index is 0.0628. The molecule has 2 aromatic heterocycles. The molecule has 5 nitrogen and oxygen atoms in total. The van der Waals surface area contributed by atoms with Crippen LogP contribution < -0.4 is 0 Å². The standard InChI is InChI=1S/C24H28ClN3O2S/c1-4-5-10-28(17-8-11-27(12-9-17)16(3)29)24(30)21-14-19-22(31-21)18-13-15(2)6-7-20(18)26-23(19)25/h6-7,13-14,17H,4-5,8-12H2,1-3H3. The first-order chi connectivity index (χ1) is 14.9. The van der Waals surface area contributed by atoms with Crippen molar-refractivity contribution in [3.8, 4) is 0 Å². The van der Waals surface area contributed by atoms with Crippen molar-refractivity contribution in [1.29, 1.82) is 0 Å². The number of thiophene rings is 1. The summed E-state index contributed by atoms with van der Waals surface area (Å²) >= 11 is 7.99. The van der Waals surface area contributed by atoms with Crippen LogP contribution in [0.2, 0.25) is 5.15 Å². The van der Waals surface area contributed by atoms with Gasteiger partial charge in [0.1, 0.15) is 5.15 Å². The molecule has 7 heteroatoms. The highest BCUT2D eigenvalue weighted by Gasteiger charge is 2.30. The quantitative estimate of drug-likeness (QED) is 0.464. The van der Waals surface area contributed by atoms with Gasteiger partial charge in [0.05, 0.1) is 10.4 Å². The number of amides is 2. The molecule has 0 bridgehead atoms. The van der Waals surface area contributed by atoms with Crippen LogP contribution in [0.4, 0.5) is 0 Å². The van der Waals surface area contributed by atoms with Gasteiger partial charge in [-0.05, 0) is 44.4 Å². The number of hydrogen-bond acceptors (Lipinski definition) is 4. The second kappa shape index (κ2) is 9.13. The number of rotatable bonds is 5. The van der Waals surface area contributed by atoms with E-state index in [1.54, 1.807) is 6.92 Å². The third-order valence-corrected chi connectivity index (χ3v) is 7.59. The van der Waals surface area contributed by atoms with E-state index in [9.17, 15) is 9.59 Å². The Labute approximate surface area is 192 Å².